The number of carbonyl (C=O) groups is 1. The molecule has 0 aliphatic heterocycles. The van der Waals surface area contributed by atoms with Crippen molar-refractivity contribution >= 4 is 11.7 Å². The van der Waals surface area contributed by atoms with Gasteiger partial charge in [0.2, 0.25) is 0 Å². The quantitative estimate of drug-likeness (QED) is 0.772. The molecule has 1 N–H and O–H groups in total. The Kier molecular flexibility index (Phi) is 4.41. The summed E-state index contributed by atoms with van der Waals surface area (Å²) in [5, 5.41) is 10.6. The average molecular weight is 365 g/mol. The van der Waals surface area contributed by atoms with Crippen molar-refractivity contribution in [2.24, 2.45) is 7.05 Å². The first kappa shape index (κ1) is 17.5. The molecule has 0 spiro atoms. The van der Waals surface area contributed by atoms with Gasteiger partial charge in [-0.3, -0.25) is 9.48 Å². The van der Waals surface area contributed by atoms with Gasteiger partial charge < -0.3 is 10.1 Å². The molecule has 136 valence electrons. The zero-order valence-electron chi connectivity index (χ0n) is 13.8. The van der Waals surface area contributed by atoms with Crippen molar-refractivity contribution in [3.63, 3.8) is 0 Å². The van der Waals surface area contributed by atoms with Gasteiger partial charge in [-0.05, 0) is 18.2 Å². The lowest BCUT2D eigenvalue weighted by atomic mass is 10.2. The predicted molar refractivity (Wildman–Crippen MR) is 86.3 cm³/mol. The molecule has 10 heteroatoms. The third-order valence-electron chi connectivity index (χ3n) is 3.51. The SMILES string of the molecule is COc1cn(-c2cccc(C(F)(F)F)c2)nc1C(=O)Nc1ccn(C)n1. The maximum atomic E-state index is 12.9. The number of aryl methyl sites for hydroxylation is 1. The Hall–Kier alpha value is -3.30. The van der Waals surface area contributed by atoms with E-state index in [1.165, 1.54) is 30.1 Å². The second kappa shape index (κ2) is 6.54. The molecule has 0 bridgehead atoms. The van der Waals surface area contributed by atoms with Gasteiger partial charge in [0.15, 0.2) is 17.3 Å². The van der Waals surface area contributed by atoms with Gasteiger partial charge in [-0.2, -0.15) is 23.4 Å². The van der Waals surface area contributed by atoms with E-state index in [9.17, 15) is 18.0 Å². The molecule has 1 amide bonds. The molecule has 26 heavy (non-hydrogen) atoms. The number of aromatic nitrogens is 4. The lowest BCUT2D eigenvalue weighted by molar-refractivity contribution is -0.137. The third-order valence-corrected chi connectivity index (χ3v) is 3.51. The minimum atomic E-state index is -4.48. The first-order valence-electron chi connectivity index (χ1n) is 7.40. The fraction of sp³-hybridized carbons (Fsp3) is 0.188. The summed E-state index contributed by atoms with van der Waals surface area (Å²) in [4.78, 5) is 12.4. The molecule has 0 unspecified atom stereocenters. The fourth-order valence-electron chi connectivity index (χ4n) is 2.28. The van der Waals surface area contributed by atoms with Crippen molar-refractivity contribution in [3.8, 4) is 11.4 Å². The number of nitrogens with zero attached hydrogens (tertiary/aromatic N) is 4. The van der Waals surface area contributed by atoms with Crippen LogP contribution in [0.1, 0.15) is 16.1 Å². The second-order valence-corrected chi connectivity index (χ2v) is 5.37. The lowest BCUT2D eigenvalue weighted by Gasteiger charge is -2.08. The van der Waals surface area contributed by atoms with Gasteiger partial charge in [0, 0.05) is 19.3 Å². The van der Waals surface area contributed by atoms with Gasteiger partial charge in [0.25, 0.3) is 5.91 Å². The number of ether oxygens (including phenoxy) is 1. The topological polar surface area (TPSA) is 74.0 Å². The molecule has 1 aromatic carbocycles. The number of benzene rings is 1. The van der Waals surface area contributed by atoms with Crippen molar-refractivity contribution in [1.29, 1.82) is 0 Å². The molecule has 0 aliphatic carbocycles. The molecule has 2 aromatic heterocycles. The Morgan fingerprint density at radius 3 is 2.62 bits per heavy atom. The highest BCUT2D eigenvalue weighted by atomic mass is 19.4. The van der Waals surface area contributed by atoms with Crippen LogP contribution in [-0.2, 0) is 13.2 Å². The molecule has 0 radical (unpaired) electrons. The van der Waals surface area contributed by atoms with Gasteiger partial charge in [0.05, 0.1) is 24.6 Å². The Bertz CT molecular complexity index is 946. The summed E-state index contributed by atoms with van der Waals surface area (Å²) < 4.78 is 46.4. The second-order valence-electron chi connectivity index (χ2n) is 5.37. The monoisotopic (exact) mass is 365 g/mol. The van der Waals surface area contributed by atoms with Gasteiger partial charge in [-0.1, -0.05) is 6.07 Å². The van der Waals surface area contributed by atoms with E-state index >= 15 is 0 Å². The number of hydrogen-bond donors (Lipinski definition) is 1. The Morgan fingerprint density at radius 1 is 1.23 bits per heavy atom. The Labute approximate surface area is 146 Å². The molecule has 3 aromatic rings. The van der Waals surface area contributed by atoms with Gasteiger partial charge in [0.1, 0.15) is 0 Å². The maximum absolute atomic E-state index is 12.9. The minimum Gasteiger partial charge on any atom is -0.493 e. The van der Waals surface area contributed by atoms with Crippen LogP contribution in [-0.4, -0.2) is 32.6 Å². The minimum absolute atomic E-state index is 0.0736. The van der Waals surface area contributed by atoms with Crippen LogP contribution in [0.25, 0.3) is 5.69 Å². The molecular formula is C16H14F3N5O2. The smallest absolute Gasteiger partial charge is 0.416 e. The van der Waals surface area contributed by atoms with Gasteiger partial charge >= 0.3 is 6.18 Å². The lowest BCUT2D eigenvalue weighted by Crippen LogP contribution is -2.14. The van der Waals surface area contributed by atoms with E-state index < -0.39 is 17.6 Å². The summed E-state index contributed by atoms with van der Waals surface area (Å²) in [6.45, 7) is 0. The Morgan fingerprint density at radius 2 is 2.00 bits per heavy atom. The van der Waals surface area contributed by atoms with E-state index in [0.717, 1.165) is 16.8 Å². The number of methoxy groups -OCH3 is 1. The van der Waals surface area contributed by atoms with Gasteiger partial charge in [-0.15, -0.1) is 0 Å². The van der Waals surface area contributed by atoms with E-state index in [1.54, 1.807) is 19.3 Å². The molecule has 0 saturated carbocycles. The largest absolute Gasteiger partial charge is 0.493 e. The van der Waals surface area contributed by atoms with Crippen molar-refractivity contribution in [3.05, 3.63) is 54.0 Å². The highest BCUT2D eigenvalue weighted by Gasteiger charge is 2.30. The summed E-state index contributed by atoms with van der Waals surface area (Å²) in [5.41, 5.74) is -0.741. The molecule has 2 heterocycles. The molecule has 0 aliphatic rings. The van der Waals surface area contributed by atoms with Crippen LogP contribution in [0, 0.1) is 0 Å². The fourth-order valence-corrected chi connectivity index (χ4v) is 2.28. The summed E-state index contributed by atoms with van der Waals surface area (Å²) in [6.07, 6.45) is -1.50. The van der Waals surface area contributed by atoms with Crippen LogP contribution in [0.2, 0.25) is 0 Å². The van der Waals surface area contributed by atoms with Crippen molar-refractivity contribution in [1.82, 2.24) is 19.6 Å². The van der Waals surface area contributed by atoms with Crippen LogP contribution < -0.4 is 10.1 Å². The summed E-state index contributed by atoms with van der Waals surface area (Å²) in [6, 6.07) is 6.20. The van der Waals surface area contributed by atoms with E-state index in [1.807, 2.05) is 0 Å². The summed E-state index contributed by atoms with van der Waals surface area (Å²) in [5.74, 6) is -0.157. The highest BCUT2D eigenvalue weighted by molar-refractivity contribution is 6.04. The molecule has 0 atom stereocenters. The zero-order chi connectivity index (χ0) is 18.9. The van der Waals surface area contributed by atoms with E-state index in [-0.39, 0.29) is 17.1 Å². The number of halogens is 3. The maximum Gasteiger partial charge on any atom is 0.416 e. The van der Waals surface area contributed by atoms with E-state index in [0.29, 0.717) is 5.82 Å². The van der Waals surface area contributed by atoms with Crippen LogP contribution in [0.4, 0.5) is 19.0 Å². The van der Waals surface area contributed by atoms with Crippen molar-refractivity contribution in [2.75, 3.05) is 12.4 Å². The molecule has 7 nitrogen and oxygen atoms in total. The molecular weight excluding hydrogens is 351 g/mol. The molecule has 3 rings (SSSR count). The third kappa shape index (κ3) is 3.53. The van der Waals surface area contributed by atoms with Crippen LogP contribution in [0.5, 0.6) is 5.75 Å². The number of anilines is 1. The number of amides is 1. The normalized spacial score (nSPS) is 11.4. The standard InChI is InChI=1S/C16H14F3N5O2/c1-23-7-6-13(21-23)20-15(25)14-12(26-2)9-24(22-14)11-5-3-4-10(8-11)16(17,18)19/h3-9H,1-2H3,(H,20,21,25). The van der Waals surface area contributed by atoms with Crippen molar-refractivity contribution < 1.29 is 22.7 Å². The highest BCUT2D eigenvalue weighted by Crippen LogP contribution is 2.30. The van der Waals surface area contributed by atoms with Gasteiger partial charge in [-0.25, -0.2) is 4.68 Å². The number of hydrogen-bond acceptors (Lipinski definition) is 4. The molecule has 0 saturated heterocycles. The number of carbonyl (C=O) groups excluding carboxylic acids is 1. The summed E-state index contributed by atoms with van der Waals surface area (Å²) >= 11 is 0. The Balaban J connectivity index is 1.93. The first-order valence-corrected chi connectivity index (χ1v) is 7.40. The van der Waals surface area contributed by atoms with Crippen LogP contribution in [0.3, 0.4) is 0 Å². The predicted octanol–water partition coefficient (Wildman–Crippen LogP) is 2.89. The zero-order valence-corrected chi connectivity index (χ0v) is 13.8. The summed E-state index contributed by atoms with van der Waals surface area (Å²) in [7, 11) is 3.03. The van der Waals surface area contributed by atoms with E-state index in [2.05, 4.69) is 15.5 Å². The number of nitrogens with one attached hydrogen (secondary N) is 1. The first-order chi connectivity index (χ1) is 12.3. The molecule has 0 fully saturated rings. The number of alkyl halides is 3. The van der Waals surface area contributed by atoms with Crippen LogP contribution >= 0.6 is 0 Å². The number of rotatable bonds is 4. The van der Waals surface area contributed by atoms with Crippen molar-refractivity contribution in [2.45, 2.75) is 6.18 Å². The van der Waals surface area contributed by atoms with E-state index in [4.69, 9.17) is 4.74 Å². The van der Waals surface area contributed by atoms with Crippen LogP contribution in [0.15, 0.2) is 42.7 Å². The average Bonchev–Trinajstić information content (AvgIpc) is 3.20.